The number of carbonyl (C=O) groups excluding carboxylic acids is 1. The van der Waals surface area contributed by atoms with Crippen LogP contribution in [0.2, 0.25) is 0 Å². The van der Waals surface area contributed by atoms with Crippen molar-refractivity contribution >= 4 is 5.91 Å². The molecule has 1 unspecified atom stereocenters. The predicted octanol–water partition coefficient (Wildman–Crippen LogP) is 1.13. The maximum atomic E-state index is 11.9. The van der Waals surface area contributed by atoms with Crippen LogP contribution in [0.15, 0.2) is 24.3 Å². The Kier molecular flexibility index (Phi) is 6.02. The van der Waals surface area contributed by atoms with Gasteiger partial charge in [-0.2, -0.15) is 0 Å². The number of morpholine rings is 1. The highest BCUT2D eigenvalue weighted by molar-refractivity contribution is 5.76. The molecule has 0 aromatic heterocycles. The monoisotopic (exact) mass is 317 g/mol. The predicted molar refractivity (Wildman–Crippen MR) is 90.0 cm³/mol. The molecule has 2 heterocycles. The van der Waals surface area contributed by atoms with Gasteiger partial charge in [0.1, 0.15) is 0 Å². The zero-order valence-corrected chi connectivity index (χ0v) is 13.7. The summed E-state index contributed by atoms with van der Waals surface area (Å²) in [5.41, 5.74) is 2.48. The summed E-state index contributed by atoms with van der Waals surface area (Å²) in [6, 6.07) is 8.57. The second-order valence-corrected chi connectivity index (χ2v) is 6.54. The van der Waals surface area contributed by atoms with Gasteiger partial charge in [-0.15, -0.1) is 0 Å². The minimum Gasteiger partial charge on any atom is -0.379 e. The number of hydrogen-bond donors (Lipinski definition) is 2. The standard InChI is InChI=1S/C18H27N3O2/c22-18(11-17-5-6-19-12-17)20-13-15-1-3-16(4-2-15)14-21-7-9-23-10-8-21/h1-4,17,19H,5-14H2,(H,20,22). The number of ether oxygens (including phenoxy) is 1. The van der Waals surface area contributed by atoms with Gasteiger partial charge in [0.25, 0.3) is 0 Å². The van der Waals surface area contributed by atoms with Crippen LogP contribution in [-0.2, 0) is 22.6 Å². The molecule has 126 valence electrons. The van der Waals surface area contributed by atoms with Gasteiger partial charge in [0.2, 0.25) is 5.91 Å². The lowest BCUT2D eigenvalue weighted by atomic mass is 10.0. The summed E-state index contributed by atoms with van der Waals surface area (Å²) < 4.78 is 5.37. The van der Waals surface area contributed by atoms with Crippen LogP contribution < -0.4 is 10.6 Å². The summed E-state index contributed by atoms with van der Waals surface area (Å²) >= 11 is 0. The van der Waals surface area contributed by atoms with E-state index >= 15 is 0 Å². The molecule has 5 heteroatoms. The van der Waals surface area contributed by atoms with Crippen LogP contribution in [0, 0.1) is 5.92 Å². The van der Waals surface area contributed by atoms with Crippen molar-refractivity contribution in [2.75, 3.05) is 39.4 Å². The first-order valence-corrected chi connectivity index (χ1v) is 8.65. The second kappa shape index (κ2) is 8.43. The molecule has 23 heavy (non-hydrogen) atoms. The van der Waals surface area contributed by atoms with Crippen LogP contribution in [0.1, 0.15) is 24.0 Å². The molecular formula is C18H27N3O2. The Bertz CT molecular complexity index is 491. The first-order chi connectivity index (χ1) is 11.3. The van der Waals surface area contributed by atoms with Crippen LogP contribution in [0.4, 0.5) is 0 Å². The van der Waals surface area contributed by atoms with E-state index in [-0.39, 0.29) is 5.91 Å². The van der Waals surface area contributed by atoms with Crippen molar-refractivity contribution in [2.24, 2.45) is 5.92 Å². The van der Waals surface area contributed by atoms with Gasteiger partial charge in [-0.25, -0.2) is 0 Å². The largest absolute Gasteiger partial charge is 0.379 e. The number of carbonyl (C=O) groups is 1. The van der Waals surface area contributed by atoms with Gasteiger partial charge in [0.05, 0.1) is 13.2 Å². The Morgan fingerprint density at radius 2 is 1.96 bits per heavy atom. The minimum atomic E-state index is 0.163. The van der Waals surface area contributed by atoms with Crippen molar-refractivity contribution in [1.29, 1.82) is 0 Å². The molecule has 2 aliphatic rings. The Morgan fingerprint density at radius 3 is 2.65 bits per heavy atom. The van der Waals surface area contributed by atoms with Crippen LogP contribution in [0.3, 0.4) is 0 Å². The maximum Gasteiger partial charge on any atom is 0.220 e. The molecule has 1 aromatic rings. The summed E-state index contributed by atoms with van der Waals surface area (Å²) in [6.07, 6.45) is 1.76. The number of hydrogen-bond acceptors (Lipinski definition) is 4. The summed E-state index contributed by atoms with van der Waals surface area (Å²) in [6.45, 7) is 7.30. The third-order valence-corrected chi connectivity index (χ3v) is 4.66. The van der Waals surface area contributed by atoms with Crippen molar-refractivity contribution in [3.05, 3.63) is 35.4 Å². The van der Waals surface area contributed by atoms with E-state index in [2.05, 4.69) is 39.8 Å². The second-order valence-electron chi connectivity index (χ2n) is 6.54. The number of amides is 1. The zero-order chi connectivity index (χ0) is 15.9. The molecule has 0 radical (unpaired) electrons. The molecular weight excluding hydrogens is 290 g/mol. The highest BCUT2D eigenvalue weighted by Gasteiger charge is 2.17. The van der Waals surface area contributed by atoms with Gasteiger partial charge in [-0.3, -0.25) is 9.69 Å². The lowest BCUT2D eigenvalue weighted by Crippen LogP contribution is -2.35. The fourth-order valence-corrected chi connectivity index (χ4v) is 3.20. The van der Waals surface area contributed by atoms with Crippen molar-refractivity contribution in [1.82, 2.24) is 15.5 Å². The molecule has 2 saturated heterocycles. The van der Waals surface area contributed by atoms with Gasteiger partial charge in [0, 0.05) is 32.6 Å². The van der Waals surface area contributed by atoms with Crippen LogP contribution in [-0.4, -0.2) is 50.2 Å². The molecule has 0 spiro atoms. The minimum absolute atomic E-state index is 0.163. The number of rotatable bonds is 6. The molecule has 1 amide bonds. The first kappa shape index (κ1) is 16.4. The lowest BCUT2D eigenvalue weighted by Gasteiger charge is -2.26. The molecule has 0 bridgehead atoms. The maximum absolute atomic E-state index is 11.9. The summed E-state index contributed by atoms with van der Waals surface area (Å²) in [5.74, 6) is 0.669. The normalized spacial score (nSPS) is 22.2. The molecule has 3 rings (SSSR count). The van der Waals surface area contributed by atoms with E-state index in [1.807, 2.05) is 0 Å². The number of nitrogens with zero attached hydrogens (tertiary/aromatic N) is 1. The Hall–Kier alpha value is -1.43. The molecule has 2 N–H and O–H groups in total. The average Bonchev–Trinajstić information content (AvgIpc) is 3.08. The van der Waals surface area contributed by atoms with E-state index in [0.29, 0.717) is 18.9 Å². The highest BCUT2D eigenvalue weighted by Crippen LogP contribution is 2.12. The summed E-state index contributed by atoms with van der Waals surface area (Å²) in [7, 11) is 0. The molecule has 2 fully saturated rings. The van der Waals surface area contributed by atoms with Crippen molar-refractivity contribution in [3.8, 4) is 0 Å². The Morgan fingerprint density at radius 1 is 1.22 bits per heavy atom. The Labute approximate surface area is 138 Å². The third-order valence-electron chi connectivity index (χ3n) is 4.66. The van der Waals surface area contributed by atoms with E-state index in [0.717, 1.165) is 57.9 Å². The van der Waals surface area contributed by atoms with Crippen molar-refractivity contribution in [2.45, 2.75) is 25.9 Å². The number of nitrogens with one attached hydrogen (secondary N) is 2. The van der Waals surface area contributed by atoms with Crippen LogP contribution >= 0.6 is 0 Å². The average molecular weight is 317 g/mol. The van der Waals surface area contributed by atoms with E-state index in [1.165, 1.54) is 5.56 Å². The molecule has 5 nitrogen and oxygen atoms in total. The molecule has 0 saturated carbocycles. The van der Waals surface area contributed by atoms with Crippen LogP contribution in [0.25, 0.3) is 0 Å². The number of benzene rings is 1. The van der Waals surface area contributed by atoms with E-state index in [9.17, 15) is 4.79 Å². The van der Waals surface area contributed by atoms with E-state index in [1.54, 1.807) is 0 Å². The molecule has 1 aromatic carbocycles. The van der Waals surface area contributed by atoms with Crippen molar-refractivity contribution in [3.63, 3.8) is 0 Å². The van der Waals surface area contributed by atoms with E-state index < -0.39 is 0 Å². The summed E-state index contributed by atoms with van der Waals surface area (Å²) in [4.78, 5) is 14.4. The fraction of sp³-hybridized carbons (Fsp3) is 0.611. The topological polar surface area (TPSA) is 53.6 Å². The van der Waals surface area contributed by atoms with Gasteiger partial charge in [-0.05, 0) is 36.6 Å². The Balaban J connectivity index is 1.40. The quantitative estimate of drug-likeness (QED) is 0.826. The third kappa shape index (κ3) is 5.30. The SMILES string of the molecule is O=C(CC1CCNC1)NCc1ccc(CN2CCOCC2)cc1. The van der Waals surface area contributed by atoms with Gasteiger partial charge >= 0.3 is 0 Å². The first-order valence-electron chi connectivity index (χ1n) is 8.65. The van der Waals surface area contributed by atoms with E-state index in [4.69, 9.17) is 4.74 Å². The van der Waals surface area contributed by atoms with Crippen LogP contribution in [0.5, 0.6) is 0 Å². The summed E-state index contributed by atoms with van der Waals surface area (Å²) in [5, 5.41) is 6.33. The zero-order valence-electron chi connectivity index (χ0n) is 13.7. The van der Waals surface area contributed by atoms with Crippen molar-refractivity contribution < 1.29 is 9.53 Å². The lowest BCUT2D eigenvalue weighted by molar-refractivity contribution is -0.122. The highest BCUT2D eigenvalue weighted by atomic mass is 16.5. The smallest absolute Gasteiger partial charge is 0.220 e. The van der Waals surface area contributed by atoms with Gasteiger partial charge < -0.3 is 15.4 Å². The van der Waals surface area contributed by atoms with Gasteiger partial charge in [0.15, 0.2) is 0 Å². The molecule has 1 atom stereocenters. The fourth-order valence-electron chi connectivity index (χ4n) is 3.20. The molecule has 0 aliphatic carbocycles. The van der Waals surface area contributed by atoms with Gasteiger partial charge in [-0.1, -0.05) is 24.3 Å². The molecule has 2 aliphatic heterocycles.